The fraction of sp³-hybridized carbons (Fsp3) is 0.706. The fourth-order valence-corrected chi connectivity index (χ4v) is 3.03. The molecule has 1 N–H and O–H groups in total. The average Bonchev–Trinajstić information content (AvgIpc) is 2.49. The van der Waals surface area contributed by atoms with Gasteiger partial charge in [0.15, 0.2) is 0 Å². The molecule has 2 heterocycles. The van der Waals surface area contributed by atoms with Crippen LogP contribution in [0, 0.1) is 0 Å². The van der Waals surface area contributed by atoms with Gasteiger partial charge < -0.3 is 10.2 Å². The number of nitrogens with one attached hydrogen (secondary N) is 1. The zero-order valence-electron chi connectivity index (χ0n) is 13.2. The van der Waals surface area contributed by atoms with Crippen molar-refractivity contribution in [1.82, 2.24) is 10.3 Å². The summed E-state index contributed by atoms with van der Waals surface area (Å²) < 4.78 is 0. The van der Waals surface area contributed by atoms with Gasteiger partial charge in [-0.2, -0.15) is 0 Å². The number of nitrogens with zero attached hydrogens (tertiary/aromatic N) is 2. The van der Waals surface area contributed by atoms with E-state index in [0.29, 0.717) is 12.1 Å². The standard InChI is InChI=1S/C17H29N3/c1-4-11-18-16(5-2)17-10-9-15(13-19-17)20-12-7-6-8-14(20)3/h9-10,13-14,16,18H,4-8,11-12H2,1-3H3. The second-order valence-electron chi connectivity index (χ2n) is 5.89. The maximum atomic E-state index is 4.71. The first-order valence-corrected chi connectivity index (χ1v) is 8.22. The second-order valence-corrected chi connectivity index (χ2v) is 5.89. The highest BCUT2D eigenvalue weighted by Crippen LogP contribution is 2.25. The van der Waals surface area contributed by atoms with Crippen LogP contribution in [0.3, 0.4) is 0 Å². The third-order valence-corrected chi connectivity index (χ3v) is 4.31. The van der Waals surface area contributed by atoms with Gasteiger partial charge in [-0.3, -0.25) is 4.98 Å². The van der Waals surface area contributed by atoms with Crippen molar-refractivity contribution >= 4 is 5.69 Å². The van der Waals surface area contributed by atoms with Gasteiger partial charge in [0.25, 0.3) is 0 Å². The molecule has 0 bridgehead atoms. The van der Waals surface area contributed by atoms with Crippen molar-refractivity contribution in [3.05, 3.63) is 24.0 Å². The zero-order chi connectivity index (χ0) is 14.4. The number of pyridine rings is 1. The molecule has 2 unspecified atom stereocenters. The summed E-state index contributed by atoms with van der Waals surface area (Å²) in [6.07, 6.45) is 8.29. The van der Waals surface area contributed by atoms with Crippen molar-refractivity contribution in [3.8, 4) is 0 Å². The van der Waals surface area contributed by atoms with Gasteiger partial charge >= 0.3 is 0 Å². The van der Waals surface area contributed by atoms with Crippen molar-refractivity contribution in [1.29, 1.82) is 0 Å². The Morgan fingerprint density at radius 1 is 1.35 bits per heavy atom. The van der Waals surface area contributed by atoms with E-state index in [2.05, 4.69) is 49.3 Å². The molecular formula is C17H29N3. The lowest BCUT2D eigenvalue weighted by atomic mass is 10.0. The van der Waals surface area contributed by atoms with Gasteiger partial charge in [-0.1, -0.05) is 13.8 Å². The van der Waals surface area contributed by atoms with E-state index in [9.17, 15) is 0 Å². The van der Waals surface area contributed by atoms with E-state index in [1.165, 1.54) is 43.6 Å². The Bertz CT molecular complexity index is 388. The van der Waals surface area contributed by atoms with E-state index in [0.717, 1.165) is 13.0 Å². The van der Waals surface area contributed by atoms with Crippen molar-refractivity contribution < 1.29 is 0 Å². The maximum absolute atomic E-state index is 4.71. The van der Waals surface area contributed by atoms with E-state index in [1.807, 2.05) is 0 Å². The maximum Gasteiger partial charge on any atom is 0.0574 e. The third kappa shape index (κ3) is 3.72. The minimum atomic E-state index is 0.391. The van der Waals surface area contributed by atoms with Crippen LogP contribution in [0.2, 0.25) is 0 Å². The smallest absolute Gasteiger partial charge is 0.0574 e. The van der Waals surface area contributed by atoms with Crippen molar-refractivity contribution in [2.45, 2.75) is 65.0 Å². The predicted molar refractivity (Wildman–Crippen MR) is 86.2 cm³/mol. The summed E-state index contributed by atoms with van der Waals surface area (Å²) in [4.78, 5) is 7.21. The number of aromatic nitrogens is 1. The summed E-state index contributed by atoms with van der Waals surface area (Å²) in [5.41, 5.74) is 2.46. The molecule has 20 heavy (non-hydrogen) atoms. The molecule has 0 radical (unpaired) electrons. The Balaban J connectivity index is 2.04. The summed E-state index contributed by atoms with van der Waals surface area (Å²) in [6.45, 7) is 8.98. The van der Waals surface area contributed by atoms with Gasteiger partial charge in [0, 0.05) is 18.6 Å². The van der Waals surface area contributed by atoms with Crippen LogP contribution < -0.4 is 10.2 Å². The highest BCUT2D eigenvalue weighted by Gasteiger charge is 2.19. The Morgan fingerprint density at radius 3 is 2.80 bits per heavy atom. The van der Waals surface area contributed by atoms with Gasteiger partial charge in [0.05, 0.1) is 17.6 Å². The molecule has 2 atom stereocenters. The number of anilines is 1. The molecule has 2 rings (SSSR count). The minimum Gasteiger partial charge on any atom is -0.368 e. The van der Waals surface area contributed by atoms with Crippen molar-refractivity contribution in [2.75, 3.05) is 18.0 Å². The molecule has 112 valence electrons. The van der Waals surface area contributed by atoms with Crippen LogP contribution in [0.4, 0.5) is 5.69 Å². The van der Waals surface area contributed by atoms with Crippen LogP contribution in [-0.2, 0) is 0 Å². The number of piperidine rings is 1. The predicted octanol–water partition coefficient (Wildman–Crippen LogP) is 3.91. The van der Waals surface area contributed by atoms with E-state index in [4.69, 9.17) is 4.98 Å². The Hall–Kier alpha value is -1.09. The van der Waals surface area contributed by atoms with Gasteiger partial charge in [-0.05, 0) is 57.7 Å². The Morgan fingerprint density at radius 2 is 2.20 bits per heavy atom. The topological polar surface area (TPSA) is 28.2 Å². The number of hydrogen-bond acceptors (Lipinski definition) is 3. The third-order valence-electron chi connectivity index (χ3n) is 4.31. The lowest BCUT2D eigenvalue weighted by molar-refractivity contribution is 0.483. The summed E-state index contributed by atoms with van der Waals surface area (Å²) in [5, 5.41) is 3.57. The highest BCUT2D eigenvalue weighted by atomic mass is 15.2. The Labute approximate surface area is 123 Å². The molecular weight excluding hydrogens is 246 g/mol. The first-order valence-electron chi connectivity index (χ1n) is 8.22. The lowest BCUT2D eigenvalue weighted by Gasteiger charge is -2.35. The fourth-order valence-electron chi connectivity index (χ4n) is 3.03. The summed E-state index contributed by atoms with van der Waals surface area (Å²) >= 11 is 0. The molecule has 1 saturated heterocycles. The quantitative estimate of drug-likeness (QED) is 0.853. The van der Waals surface area contributed by atoms with Crippen LogP contribution in [-0.4, -0.2) is 24.1 Å². The molecule has 1 aromatic rings. The number of hydrogen-bond donors (Lipinski definition) is 1. The van der Waals surface area contributed by atoms with E-state index in [-0.39, 0.29) is 0 Å². The molecule has 3 heteroatoms. The monoisotopic (exact) mass is 275 g/mol. The zero-order valence-corrected chi connectivity index (χ0v) is 13.2. The summed E-state index contributed by atoms with van der Waals surface area (Å²) in [5.74, 6) is 0. The molecule has 0 aliphatic carbocycles. The summed E-state index contributed by atoms with van der Waals surface area (Å²) in [6, 6.07) is 5.49. The van der Waals surface area contributed by atoms with E-state index in [1.54, 1.807) is 0 Å². The molecule has 0 amide bonds. The average molecular weight is 275 g/mol. The number of rotatable bonds is 6. The molecule has 1 fully saturated rings. The van der Waals surface area contributed by atoms with Crippen molar-refractivity contribution in [3.63, 3.8) is 0 Å². The normalized spacial score (nSPS) is 20.9. The van der Waals surface area contributed by atoms with Crippen LogP contribution in [0.1, 0.15) is 64.6 Å². The van der Waals surface area contributed by atoms with Gasteiger partial charge in [-0.15, -0.1) is 0 Å². The van der Waals surface area contributed by atoms with Crippen molar-refractivity contribution in [2.24, 2.45) is 0 Å². The largest absolute Gasteiger partial charge is 0.368 e. The van der Waals surface area contributed by atoms with Gasteiger partial charge in [0.2, 0.25) is 0 Å². The second kappa shape index (κ2) is 7.63. The van der Waals surface area contributed by atoms with Crippen LogP contribution in [0.5, 0.6) is 0 Å². The van der Waals surface area contributed by atoms with Gasteiger partial charge in [-0.25, -0.2) is 0 Å². The SMILES string of the molecule is CCCNC(CC)c1ccc(N2CCCCC2C)cn1. The molecule has 0 saturated carbocycles. The van der Waals surface area contributed by atoms with Crippen LogP contribution in [0.25, 0.3) is 0 Å². The lowest BCUT2D eigenvalue weighted by Crippen LogP contribution is -2.37. The van der Waals surface area contributed by atoms with E-state index >= 15 is 0 Å². The molecule has 0 aromatic carbocycles. The first-order chi connectivity index (χ1) is 9.76. The van der Waals surface area contributed by atoms with E-state index < -0.39 is 0 Å². The van der Waals surface area contributed by atoms with Gasteiger partial charge in [0.1, 0.15) is 0 Å². The molecule has 3 nitrogen and oxygen atoms in total. The Kier molecular flexibility index (Phi) is 5.84. The molecule has 0 spiro atoms. The first kappa shape index (κ1) is 15.3. The highest BCUT2D eigenvalue weighted by molar-refractivity contribution is 5.46. The minimum absolute atomic E-state index is 0.391. The molecule has 1 aliphatic rings. The molecule has 1 aliphatic heterocycles. The van der Waals surface area contributed by atoms with Crippen LogP contribution in [0.15, 0.2) is 18.3 Å². The summed E-state index contributed by atoms with van der Waals surface area (Å²) in [7, 11) is 0. The van der Waals surface area contributed by atoms with Crippen LogP contribution >= 0.6 is 0 Å². The molecule has 1 aromatic heterocycles.